The highest BCUT2D eigenvalue weighted by Gasteiger charge is 2.30. The average molecular weight is 253 g/mol. The number of carbonyl (C=O) groups is 1. The van der Waals surface area contributed by atoms with Gasteiger partial charge in [-0.25, -0.2) is 4.68 Å². The second-order valence-electron chi connectivity index (χ2n) is 5.69. The van der Waals surface area contributed by atoms with Crippen molar-refractivity contribution in [3.05, 3.63) is 5.82 Å². The molecule has 0 spiro atoms. The molecule has 0 aromatic carbocycles. The third-order valence-corrected chi connectivity index (χ3v) is 3.06. The first-order chi connectivity index (χ1) is 8.38. The van der Waals surface area contributed by atoms with Crippen LogP contribution in [0.3, 0.4) is 0 Å². The maximum atomic E-state index is 10.9. The van der Waals surface area contributed by atoms with E-state index < -0.39 is 5.97 Å². The smallest absolute Gasteiger partial charge is 0.317 e. The average Bonchev–Trinajstić information content (AvgIpc) is 2.97. The van der Waals surface area contributed by atoms with Gasteiger partial charge >= 0.3 is 5.97 Å². The van der Waals surface area contributed by atoms with Crippen molar-refractivity contribution < 1.29 is 9.90 Å². The Kier molecular flexibility index (Phi) is 3.34. The highest BCUT2D eigenvalue weighted by molar-refractivity contribution is 5.69. The summed E-state index contributed by atoms with van der Waals surface area (Å²) in [4.78, 5) is 12.8. The van der Waals surface area contributed by atoms with Crippen molar-refractivity contribution >= 4 is 5.97 Å². The summed E-state index contributed by atoms with van der Waals surface area (Å²) in [5.41, 5.74) is -0.237. The lowest BCUT2D eigenvalue weighted by atomic mass is 10.1. The second-order valence-corrected chi connectivity index (χ2v) is 5.69. The van der Waals surface area contributed by atoms with Gasteiger partial charge in [0.15, 0.2) is 5.82 Å². The number of hydrogen-bond donors (Lipinski definition) is 1. The number of tetrazole rings is 1. The van der Waals surface area contributed by atoms with Gasteiger partial charge in [0, 0.05) is 5.54 Å². The Morgan fingerprint density at radius 1 is 1.50 bits per heavy atom. The fourth-order valence-corrected chi connectivity index (χ4v) is 1.78. The maximum Gasteiger partial charge on any atom is 0.317 e. The molecule has 1 aromatic rings. The standard InChI is InChI=1S/C11H19N5O2/c1-11(2,3)15(7-10(17)18)6-9-12-13-14-16(9)8-4-5-8/h8H,4-7H2,1-3H3,(H,17,18). The molecule has 2 rings (SSSR count). The summed E-state index contributed by atoms with van der Waals surface area (Å²) in [7, 11) is 0. The molecule has 1 fully saturated rings. The molecule has 100 valence electrons. The van der Waals surface area contributed by atoms with E-state index in [1.807, 2.05) is 30.4 Å². The van der Waals surface area contributed by atoms with Gasteiger partial charge in [-0.1, -0.05) is 0 Å². The van der Waals surface area contributed by atoms with Crippen molar-refractivity contribution in [3.8, 4) is 0 Å². The largest absolute Gasteiger partial charge is 0.480 e. The van der Waals surface area contributed by atoms with Crippen LogP contribution >= 0.6 is 0 Å². The lowest BCUT2D eigenvalue weighted by Gasteiger charge is -2.33. The zero-order valence-electron chi connectivity index (χ0n) is 11.0. The summed E-state index contributed by atoms with van der Waals surface area (Å²) in [6.07, 6.45) is 2.21. The van der Waals surface area contributed by atoms with Crippen molar-refractivity contribution in [1.82, 2.24) is 25.1 Å². The van der Waals surface area contributed by atoms with Crippen molar-refractivity contribution in [2.24, 2.45) is 0 Å². The van der Waals surface area contributed by atoms with Gasteiger partial charge in [-0.15, -0.1) is 5.10 Å². The van der Waals surface area contributed by atoms with E-state index in [0.29, 0.717) is 12.6 Å². The van der Waals surface area contributed by atoms with E-state index in [9.17, 15) is 4.79 Å². The SMILES string of the molecule is CC(C)(C)N(CC(=O)O)Cc1nnnn1C1CC1. The third kappa shape index (κ3) is 3.04. The summed E-state index contributed by atoms with van der Waals surface area (Å²) >= 11 is 0. The molecule has 0 unspecified atom stereocenters. The highest BCUT2D eigenvalue weighted by atomic mass is 16.4. The molecule has 1 heterocycles. The molecule has 18 heavy (non-hydrogen) atoms. The number of carboxylic acids is 1. The fourth-order valence-electron chi connectivity index (χ4n) is 1.78. The van der Waals surface area contributed by atoms with Gasteiger partial charge in [0.2, 0.25) is 0 Å². The fraction of sp³-hybridized carbons (Fsp3) is 0.818. The molecule has 0 aliphatic heterocycles. The van der Waals surface area contributed by atoms with E-state index in [4.69, 9.17) is 5.11 Å². The van der Waals surface area contributed by atoms with E-state index in [1.165, 1.54) is 0 Å². The molecule has 1 saturated carbocycles. The van der Waals surface area contributed by atoms with Crippen molar-refractivity contribution in [3.63, 3.8) is 0 Å². The molecular formula is C11H19N5O2. The van der Waals surface area contributed by atoms with Gasteiger partial charge in [-0.3, -0.25) is 9.69 Å². The quantitative estimate of drug-likeness (QED) is 0.831. The molecule has 1 N–H and O–H groups in total. The molecule has 0 amide bonds. The number of hydrogen-bond acceptors (Lipinski definition) is 5. The minimum Gasteiger partial charge on any atom is -0.480 e. The van der Waals surface area contributed by atoms with Crippen LogP contribution < -0.4 is 0 Å². The summed E-state index contributed by atoms with van der Waals surface area (Å²) in [6.45, 7) is 6.41. The minimum absolute atomic E-state index is 0.0129. The molecule has 7 nitrogen and oxygen atoms in total. The van der Waals surface area contributed by atoms with Gasteiger partial charge < -0.3 is 5.11 Å². The third-order valence-electron chi connectivity index (χ3n) is 3.06. The topological polar surface area (TPSA) is 84.1 Å². The van der Waals surface area contributed by atoms with E-state index in [1.54, 1.807) is 0 Å². The Morgan fingerprint density at radius 2 is 2.17 bits per heavy atom. The Morgan fingerprint density at radius 3 is 2.67 bits per heavy atom. The Bertz CT molecular complexity index is 433. The van der Waals surface area contributed by atoms with Crippen LogP contribution in [-0.4, -0.2) is 48.3 Å². The zero-order chi connectivity index (χ0) is 13.3. The van der Waals surface area contributed by atoms with Gasteiger partial charge in [-0.2, -0.15) is 0 Å². The minimum atomic E-state index is -0.838. The van der Waals surface area contributed by atoms with Crippen molar-refractivity contribution in [2.75, 3.05) is 6.54 Å². The van der Waals surface area contributed by atoms with Gasteiger partial charge in [-0.05, 0) is 44.0 Å². The van der Waals surface area contributed by atoms with Crippen LogP contribution in [0, 0.1) is 0 Å². The molecular weight excluding hydrogens is 234 g/mol. The van der Waals surface area contributed by atoms with Crippen LogP contribution in [-0.2, 0) is 11.3 Å². The Hall–Kier alpha value is -1.50. The van der Waals surface area contributed by atoms with Crippen LogP contribution in [0.25, 0.3) is 0 Å². The first kappa shape index (κ1) is 12.9. The van der Waals surface area contributed by atoms with Crippen LogP contribution in [0.4, 0.5) is 0 Å². The Labute approximate surface area is 106 Å². The lowest BCUT2D eigenvalue weighted by molar-refractivity contribution is -0.140. The first-order valence-corrected chi connectivity index (χ1v) is 6.11. The van der Waals surface area contributed by atoms with Crippen LogP contribution in [0.15, 0.2) is 0 Å². The summed E-state index contributed by atoms with van der Waals surface area (Å²) in [5, 5.41) is 20.6. The van der Waals surface area contributed by atoms with Gasteiger partial charge in [0.05, 0.1) is 19.1 Å². The lowest BCUT2D eigenvalue weighted by Crippen LogP contribution is -2.44. The summed E-state index contributed by atoms with van der Waals surface area (Å²) in [6, 6.07) is 0.404. The molecule has 1 aliphatic rings. The molecule has 1 aliphatic carbocycles. The highest BCUT2D eigenvalue weighted by Crippen LogP contribution is 2.34. The second kappa shape index (κ2) is 4.64. The molecule has 7 heteroatoms. The number of nitrogens with zero attached hydrogens (tertiary/aromatic N) is 5. The van der Waals surface area contributed by atoms with Gasteiger partial charge in [0.1, 0.15) is 0 Å². The monoisotopic (exact) mass is 253 g/mol. The molecule has 0 bridgehead atoms. The summed E-state index contributed by atoms with van der Waals surface area (Å²) in [5.74, 6) is -0.0935. The molecule has 0 saturated heterocycles. The van der Waals surface area contributed by atoms with E-state index in [-0.39, 0.29) is 12.1 Å². The van der Waals surface area contributed by atoms with Crippen molar-refractivity contribution in [1.29, 1.82) is 0 Å². The predicted molar refractivity (Wildman–Crippen MR) is 63.9 cm³/mol. The Balaban J connectivity index is 2.12. The zero-order valence-corrected chi connectivity index (χ0v) is 11.0. The number of aromatic nitrogens is 4. The van der Waals surface area contributed by atoms with Crippen molar-refractivity contribution in [2.45, 2.75) is 51.7 Å². The van der Waals surface area contributed by atoms with Gasteiger partial charge in [0.25, 0.3) is 0 Å². The summed E-state index contributed by atoms with van der Waals surface area (Å²) < 4.78 is 1.82. The maximum absolute atomic E-state index is 10.9. The number of carboxylic acid groups (broad SMARTS) is 1. The van der Waals surface area contributed by atoms with Crippen LogP contribution in [0.5, 0.6) is 0 Å². The van der Waals surface area contributed by atoms with E-state index in [2.05, 4.69) is 15.5 Å². The van der Waals surface area contributed by atoms with Crippen LogP contribution in [0.1, 0.15) is 45.5 Å². The normalized spacial score (nSPS) is 16.2. The first-order valence-electron chi connectivity index (χ1n) is 6.11. The molecule has 1 aromatic heterocycles. The van der Waals surface area contributed by atoms with E-state index >= 15 is 0 Å². The predicted octanol–water partition coefficient (Wildman–Crippen LogP) is 0.693. The molecule has 0 radical (unpaired) electrons. The van der Waals surface area contributed by atoms with E-state index in [0.717, 1.165) is 18.7 Å². The van der Waals surface area contributed by atoms with Crippen LogP contribution in [0.2, 0.25) is 0 Å². The number of aliphatic carboxylic acids is 1. The molecule has 0 atom stereocenters. The number of rotatable bonds is 5.